The molecule has 2 aromatic carbocycles. The topological polar surface area (TPSA) is 32.3 Å². The van der Waals surface area contributed by atoms with Gasteiger partial charge in [0.05, 0.1) is 0 Å². The molecule has 0 aliphatic carbocycles. The zero-order chi connectivity index (χ0) is 14.4. The molecule has 0 heterocycles. The van der Waals surface area contributed by atoms with Crippen LogP contribution in [0, 0.1) is 0 Å². The number of halogens is 1. The Morgan fingerprint density at radius 3 is 2.45 bits per heavy atom. The molecule has 1 atom stereocenters. The molecule has 3 heteroatoms. The van der Waals surface area contributed by atoms with Crippen LogP contribution < -0.4 is 5.32 Å². The maximum Gasteiger partial charge on any atom is 0.115 e. The molecular weight excluding hydrogens is 314 g/mol. The number of rotatable bonds is 6. The van der Waals surface area contributed by atoms with Gasteiger partial charge in [0.2, 0.25) is 0 Å². The van der Waals surface area contributed by atoms with Crippen LogP contribution >= 0.6 is 15.9 Å². The first-order valence-electron chi connectivity index (χ1n) is 6.93. The van der Waals surface area contributed by atoms with Gasteiger partial charge in [0.25, 0.3) is 0 Å². The Kier molecular flexibility index (Phi) is 5.62. The Morgan fingerprint density at radius 1 is 1.10 bits per heavy atom. The van der Waals surface area contributed by atoms with Crippen molar-refractivity contribution in [2.45, 2.75) is 19.3 Å². The Balaban J connectivity index is 2.19. The second kappa shape index (κ2) is 7.46. The zero-order valence-corrected chi connectivity index (χ0v) is 13.2. The third-order valence-electron chi connectivity index (χ3n) is 3.40. The SMILES string of the molecule is CCNCC(Cc1ccc(O)cc1)c1ccccc1Br. The van der Waals surface area contributed by atoms with E-state index < -0.39 is 0 Å². The van der Waals surface area contributed by atoms with E-state index in [-0.39, 0.29) is 0 Å². The summed E-state index contributed by atoms with van der Waals surface area (Å²) in [7, 11) is 0. The van der Waals surface area contributed by atoms with Gasteiger partial charge in [0.1, 0.15) is 5.75 Å². The Morgan fingerprint density at radius 2 is 1.80 bits per heavy atom. The van der Waals surface area contributed by atoms with Crippen molar-refractivity contribution in [3.8, 4) is 5.75 Å². The van der Waals surface area contributed by atoms with E-state index in [4.69, 9.17) is 0 Å². The number of benzene rings is 2. The normalized spacial score (nSPS) is 12.3. The van der Waals surface area contributed by atoms with E-state index in [0.29, 0.717) is 11.7 Å². The molecule has 0 amide bonds. The van der Waals surface area contributed by atoms with E-state index in [0.717, 1.165) is 24.0 Å². The van der Waals surface area contributed by atoms with Gasteiger partial charge in [-0.25, -0.2) is 0 Å². The van der Waals surface area contributed by atoms with Crippen LogP contribution in [-0.4, -0.2) is 18.2 Å². The van der Waals surface area contributed by atoms with Gasteiger partial charge in [0, 0.05) is 16.9 Å². The highest BCUT2D eigenvalue weighted by molar-refractivity contribution is 9.10. The highest BCUT2D eigenvalue weighted by Crippen LogP contribution is 2.28. The molecule has 1 unspecified atom stereocenters. The van der Waals surface area contributed by atoms with Crippen molar-refractivity contribution in [1.82, 2.24) is 5.32 Å². The average molecular weight is 334 g/mol. The van der Waals surface area contributed by atoms with Crippen LogP contribution in [0.4, 0.5) is 0 Å². The molecule has 0 fully saturated rings. The first-order valence-corrected chi connectivity index (χ1v) is 7.73. The Bertz CT molecular complexity index is 539. The van der Waals surface area contributed by atoms with Crippen LogP contribution in [0.5, 0.6) is 5.75 Å². The maximum absolute atomic E-state index is 9.37. The van der Waals surface area contributed by atoms with Crippen LogP contribution in [0.3, 0.4) is 0 Å². The first-order chi connectivity index (χ1) is 9.70. The second-order valence-corrected chi connectivity index (χ2v) is 5.75. The standard InChI is InChI=1S/C17H20BrNO/c1-2-19-12-14(16-5-3-4-6-17(16)18)11-13-7-9-15(20)10-8-13/h3-10,14,19-20H,2,11-12H2,1H3. The summed E-state index contributed by atoms with van der Waals surface area (Å²) >= 11 is 3.65. The molecule has 0 radical (unpaired) electrons. The molecule has 0 saturated heterocycles. The van der Waals surface area contributed by atoms with Crippen molar-refractivity contribution in [1.29, 1.82) is 0 Å². The van der Waals surface area contributed by atoms with Crippen molar-refractivity contribution >= 4 is 15.9 Å². The van der Waals surface area contributed by atoms with Crippen LogP contribution in [0.2, 0.25) is 0 Å². The lowest BCUT2D eigenvalue weighted by molar-refractivity contribution is 0.475. The van der Waals surface area contributed by atoms with Gasteiger partial charge in [-0.1, -0.05) is 53.2 Å². The smallest absolute Gasteiger partial charge is 0.115 e. The molecule has 2 rings (SSSR count). The van der Waals surface area contributed by atoms with Crippen LogP contribution in [0.25, 0.3) is 0 Å². The van der Waals surface area contributed by atoms with Gasteiger partial charge in [-0.05, 0) is 42.3 Å². The molecule has 2 nitrogen and oxygen atoms in total. The monoisotopic (exact) mass is 333 g/mol. The molecule has 0 saturated carbocycles. The number of likely N-dealkylation sites (N-methyl/N-ethyl adjacent to an activating group) is 1. The molecule has 0 aliphatic heterocycles. The fourth-order valence-corrected chi connectivity index (χ4v) is 2.94. The molecular formula is C17H20BrNO. The van der Waals surface area contributed by atoms with E-state index in [1.807, 2.05) is 18.2 Å². The quantitative estimate of drug-likeness (QED) is 0.834. The molecule has 0 aromatic heterocycles. The lowest BCUT2D eigenvalue weighted by Crippen LogP contribution is -2.23. The lowest BCUT2D eigenvalue weighted by atomic mass is 9.92. The number of hydrogen-bond acceptors (Lipinski definition) is 2. The highest BCUT2D eigenvalue weighted by Gasteiger charge is 2.14. The fourth-order valence-electron chi connectivity index (χ4n) is 2.33. The number of phenolic OH excluding ortho intramolecular Hbond substituents is 1. The summed E-state index contributed by atoms with van der Waals surface area (Å²) in [4.78, 5) is 0. The summed E-state index contributed by atoms with van der Waals surface area (Å²) in [6.45, 7) is 4.04. The van der Waals surface area contributed by atoms with Crippen LogP contribution in [-0.2, 0) is 6.42 Å². The zero-order valence-electron chi connectivity index (χ0n) is 11.6. The minimum atomic E-state index is 0.317. The molecule has 2 aromatic rings. The minimum Gasteiger partial charge on any atom is -0.508 e. The van der Waals surface area contributed by atoms with Crippen LogP contribution in [0.1, 0.15) is 24.0 Å². The summed E-state index contributed by atoms with van der Waals surface area (Å²) in [6.07, 6.45) is 0.954. The van der Waals surface area contributed by atoms with Gasteiger partial charge in [-0.2, -0.15) is 0 Å². The van der Waals surface area contributed by atoms with Gasteiger partial charge in [-0.3, -0.25) is 0 Å². The van der Waals surface area contributed by atoms with E-state index in [2.05, 4.69) is 46.4 Å². The first kappa shape index (κ1) is 15.1. The van der Waals surface area contributed by atoms with E-state index in [1.165, 1.54) is 11.1 Å². The van der Waals surface area contributed by atoms with Crippen molar-refractivity contribution in [2.75, 3.05) is 13.1 Å². The van der Waals surface area contributed by atoms with Crippen molar-refractivity contribution in [3.05, 3.63) is 64.1 Å². The van der Waals surface area contributed by atoms with Crippen molar-refractivity contribution in [3.63, 3.8) is 0 Å². The van der Waals surface area contributed by atoms with E-state index in [9.17, 15) is 5.11 Å². The maximum atomic E-state index is 9.37. The van der Waals surface area contributed by atoms with E-state index >= 15 is 0 Å². The lowest BCUT2D eigenvalue weighted by Gasteiger charge is -2.19. The summed E-state index contributed by atoms with van der Waals surface area (Å²) in [5.74, 6) is 0.730. The Labute approximate surface area is 129 Å². The minimum absolute atomic E-state index is 0.317. The summed E-state index contributed by atoms with van der Waals surface area (Å²) in [6, 6.07) is 15.9. The number of phenols is 1. The number of aromatic hydroxyl groups is 1. The number of hydrogen-bond donors (Lipinski definition) is 2. The Hall–Kier alpha value is -1.32. The fraction of sp³-hybridized carbons (Fsp3) is 0.294. The number of nitrogens with one attached hydrogen (secondary N) is 1. The van der Waals surface area contributed by atoms with Gasteiger partial charge >= 0.3 is 0 Å². The molecule has 0 bridgehead atoms. The highest BCUT2D eigenvalue weighted by atomic mass is 79.9. The predicted molar refractivity (Wildman–Crippen MR) is 87.2 cm³/mol. The summed E-state index contributed by atoms with van der Waals surface area (Å²) in [5.41, 5.74) is 2.56. The molecule has 0 spiro atoms. The largest absolute Gasteiger partial charge is 0.508 e. The molecule has 0 aliphatic rings. The third kappa shape index (κ3) is 4.09. The predicted octanol–water partition coefficient (Wildman–Crippen LogP) is 4.09. The summed E-state index contributed by atoms with van der Waals surface area (Å²) in [5, 5.41) is 12.8. The van der Waals surface area contributed by atoms with Crippen molar-refractivity contribution in [2.24, 2.45) is 0 Å². The third-order valence-corrected chi connectivity index (χ3v) is 4.13. The molecule has 2 N–H and O–H groups in total. The van der Waals surface area contributed by atoms with Crippen LogP contribution in [0.15, 0.2) is 53.0 Å². The molecule has 106 valence electrons. The molecule has 20 heavy (non-hydrogen) atoms. The van der Waals surface area contributed by atoms with Gasteiger partial charge < -0.3 is 10.4 Å². The van der Waals surface area contributed by atoms with Gasteiger partial charge in [0.15, 0.2) is 0 Å². The van der Waals surface area contributed by atoms with Gasteiger partial charge in [-0.15, -0.1) is 0 Å². The summed E-state index contributed by atoms with van der Waals surface area (Å²) < 4.78 is 1.15. The van der Waals surface area contributed by atoms with Crippen molar-refractivity contribution < 1.29 is 5.11 Å². The second-order valence-electron chi connectivity index (χ2n) is 4.90. The van der Waals surface area contributed by atoms with E-state index in [1.54, 1.807) is 12.1 Å². The average Bonchev–Trinajstić information content (AvgIpc) is 2.46.